The van der Waals surface area contributed by atoms with Gasteiger partial charge in [0.15, 0.2) is 23.5 Å². The minimum absolute atomic E-state index is 0.0468. The molecule has 31 heavy (non-hydrogen) atoms. The second kappa shape index (κ2) is 7.08. The maximum atomic E-state index is 13.8. The van der Waals surface area contributed by atoms with Crippen LogP contribution in [0.25, 0.3) is 0 Å². The smallest absolute Gasteiger partial charge is 0.193 e. The monoisotopic (exact) mass is 441 g/mol. The number of fused-ring (bicyclic) bond motifs is 7. The summed E-state index contributed by atoms with van der Waals surface area (Å²) in [5.74, 6) is -3.80. The topological polar surface area (TPSA) is 93.1 Å². The van der Waals surface area contributed by atoms with Gasteiger partial charge in [-0.3, -0.25) is 9.59 Å². The molecule has 4 aliphatic carbocycles. The number of hydrogen-bond acceptors (Lipinski definition) is 6. The second-order valence-corrected chi connectivity index (χ2v) is 9.78. The standard InChI is InChI=1S/C25H34O6/c1-4-5-21-30-20-11-17-16-7-6-14-10-15(27)8-9-23(14,2)22(16)18(28)12-24(17,3)25(20,31-21)19(29)13-26/h8-10,16-18,20-22,26,28H,4-7,11-13H2,1-3H3/t16-,17-,18-,20+,21?,22+,23-,24-,25+/m0/s1/i1D3,4D2,5D2,8D,10D,13D2. The van der Waals surface area contributed by atoms with Crippen molar-refractivity contribution in [3.8, 4) is 0 Å². The van der Waals surface area contributed by atoms with Gasteiger partial charge in [0.1, 0.15) is 6.56 Å². The van der Waals surface area contributed by atoms with E-state index in [0.29, 0.717) is 12.0 Å². The van der Waals surface area contributed by atoms with Crippen LogP contribution in [0.1, 0.15) is 74.2 Å². The number of allylic oxidation sites excluding steroid dienone is 4. The molecule has 170 valence electrons. The first-order chi connectivity index (χ1) is 18.9. The molecule has 0 aromatic rings. The second-order valence-electron chi connectivity index (χ2n) is 9.78. The number of ketones is 2. The highest BCUT2D eigenvalue weighted by molar-refractivity contribution is 6.01. The van der Waals surface area contributed by atoms with Crippen LogP contribution in [0.2, 0.25) is 0 Å². The molecule has 0 bridgehead atoms. The molecule has 6 nitrogen and oxygen atoms in total. The number of carbonyl (C=O) groups is 2. The lowest BCUT2D eigenvalue weighted by molar-refractivity contribution is -0.200. The van der Waals surface area contributed by atoms with Crippen molar-refractivity contribution in [1.29, 1.82) is 0 Å². The van der Waals surface area contributed by atoms with Crippen LogP contribution in [-0.4, -0.2) is 52.4 Å². The van der Waals surface area contributed by atoms with E-state index >= 15 is 0 Å². The Kier molecular flexibility index (Phi) is 2.79. The Labute approximate surface area is 199 Å². The highest BCUT2D eigenvalue weighted by Crippen LogP contribution is 2.69. The first kappa shape index (κ1) is 12.2. The quantitative estimate of drug-likeness (QED) is 0.697. The molecule has 3 saturated carbocycles. The molecule has 4 fully saturated rings. The Morgan fingerprint density at radius 1 is 1.45 bits per heavy atom. The van der Waals surface area contributed by atoms with Crippen LogP contribution in [0.4, 0.5) is 0 Å². The third-order valence-corrected chi connectivity index (χ3v) is 8.66. The van der Waals surface area contributed by atoms with Crippen LogP contribution in [0.3, 0.4) is 0 Å². The zero-order valence-corrected chi connectivity index (χ0v) is 17.4. The minimum atomic E-state index is -3.52. The van der Waals surface area contributed by atoms with E-state index < -0.39 is 90.4 Å². The molecule has 5 aliphatic rings. The van der Waals surface area contributed by atoms with E-state index in [1.807, 2.05) is 0 Å². The number of aliphatic hydroxyl groups is 2. The number of rotatable bonds is 4. The van der Waals surface area contributed by atoms with Crippen LogP contribution in [0.5, 0.6) is 0 Å². The molecule has 1 unspecified atom stereocenters. The highest BCUT2D eigenvalue weighted by Gasteiger charge is 2.75. The fourth-order valence-electron chi connectivity index (χ4n) is 7.50. The summed E-state index contributed by atoms with van der Waals surface area (Å²) in [6, 6.07) is -0.649. The van der Waals surface area contributed by atoms with Crippen LogP contribution >= 0.6 is 0 Å². The normalized spacial score (nSPS) is 58.0. The first-order valence-electron chi connectivity index (χ1n) is 16.1. The maximum Gasteiger partial charge on any atom is 0.193 e. The van der Waals surface area contributed by atoms with Gasteiger partial charge in [-0.15, -0.1) is 0 Å². The molecule has 1 aliphatic heterocycles. The summed E-state index contributed by atoms with van der Waals surface area (Å²) in [7, 11) is 0. The summed E-state index contributed by atoms with van der Waals surface area (Å²) in [6.07, 6.45) is -10.0. The van der Waals surface area contributed by atoms with E-state index in [9.17, 15) is 19.8 Å². The lowest BCUT2D eigenvalue weighted by atomic mass is 9.46. The predicted molar refractivity (Wildman–Crippen MR) is 113 cm³/mol. The van der Waals surface area contributed by atoms with E-state index in [0.717, 1.165) is 0 Å². The number of aliphatic hydroxyl groups excluding tert-OH is 1. The van der Waals surface area contributed by atoms with Gasteiger partial charge in [0.2, 0.25) is 0 Å². The average molecular weight is 442 g/mol. The molecule has 1 heterocycles. The Morgan fingerprint density at radius 2 is 2.26 bits per heavy atom. The molecular weight excluding hydrogens is 396 g/mol. The molecular formula is C25H34O6. The molecule has 6 heteroatoms. The van der Waals surface area contributed by atoms with Crippen LogP contribution in [0, 0.1) is 28.6 Å². The van der Waals surface area contributed by atoms with Gasteiger partial charge in [-0.1, -0.05) is 38.7 Å². The van der Waals surface area contributed by atoms with E-state index in [1.165, 1.54) is 6.08 Å². The Bertz CT molecular complexity index is 1290. The number of Topliss-reactive ketones (excluding diaryl/α,β-unsaturated/α-hetero) is 1. The molecule has 5 rings (SSSR count). The zero-order chi connectivity index (χ0) is 31.8. The summed E-state index contributed by atoms with van der Waals surface area (Å²) < 4.78 is 99.5. The summed E-state index contributed by atoms with van der Waals surface area (Å²) in [4.78, 5) is 26.2. The van der Waals surface area contributed by atoms with Crippen molar-refractivity contribution in [2.45, 2.75) is 83.2 Å². The summed E-state index contributed by atoms with van der Waals surface area (Å²) >= 11 is 0. The van der Waals surface area contributed by atoms with Gasteiger partial charge in [-0.05, 0) is 56.0 Å². The molecule has 0 radical (unpaired) electrons. The molecule has 9 atom stereocenters. The average Bonchev–Trinajstić information content (AvgIpc) is 3.34. The Balaban J connectivity index is 1.61. The third-order valence-electron chi connectivity index (χ3n) is 8.66. The van der Waals surface area contributed by atoms with E-state index in [2.05, 4.69) is 0 Å². The molecule has 1 saturated heterocycles. The van der Waals surface area contributed by atoms with Gasteiger partial charge >= 0.3 is 0 Å². The van der Waals surface area contributed by atoms with E-state index in [4.69, 9.17) is 24.6 Å². The van der Waals surface area contributed by atoms with Crippen molar-refractivity contribution >= 4 is 11.6 Å². The fraction of sp³-hybridized carbons (Fsp3) is 0.760. The van der Waals surface area contributed by atoms with Gasteiger partial charge in [0, 0.05) is 26.3 Å². The van der Waals surface area contributed by atoms with Crippen molar-refractivity contribution in [1.82, 2.24) is 0 Å². The Hall–Kier alpha value is -1.34. The molecule has 0 amide bonds. The third kappa shape index (κ3) is 2.65. The lowest BCUT2D eigenvalue weighted by Crippen LogP contribution is -2.63. The van der Waals surface area contributed by atoms with Gasteiger partial charge in [0.05, 0.1) is 17.7 Å². The maximum absolute atomic E-state index is 13.8. The van der Waals surface area contributed by atoms with Crippen molar-refractivity contribution in [2.75, 3.05) is 6.56 Å². The largest absolute Gasteiger partial charge is 0.393 e. The number of hydrogen-bond donors (Lipinski definition) is 2. The molecule has 0 aromatic heterocycles. The van der Waals surface area contributed by atoms with Crippen molar-refractivity contribution in [3.63, 3.8) is 0 Å². The van der Waals surface area contributed by atoms with Gasteiger partial charge in [-0.25, -0.2) is 0 Å². The SMILES string of the molecule is [2H]C1=C[C@@]2(C)C(=C([2H])C1=O)CC[C@@H]1[C@@H]2[C@@H](O)C[C@@]2(C)[C@H]1C[C@H]1OC(C([2H])([2H])C([2H])([2H])C([2H])([2H])[2H])O[C@]12C(=O)C([2H])([2H])O. The van der Waals surface area contributed by atoms with Gasteiger partial charge in [0.25, 0.3) is 0 Å². The van der Waals surface area contributed by atoms with Crippen molar-refractivity contribution in [3.05, 3.63) is 23.8 Å². The van der Waals surface area contributed by atoms with Crippen LogP contribution < -0.4 is 0 Å². The lowest BCUT2D eigenvalue weighted by Gasteiger charge is -2.59. The predicted octanol–water partition coefficient (Wildman–Crippen LogP) is 2.72. The summed E-state index contributed by atoms with van der Waals surface area (Å²) in [6.45, 7) is -3.68. The first-order valence-corrected chi connectivity index (χ1v) is 10.6. The van der Waals surface area contributed by atoms with E-state index in [1.54, 1.807) is 13.8 Å². The summed E-state index contributed by atoms with van der Waals surface area (Å²) in [5, 5.41) is 22.0. The molecule has 0 spiro atoms. The van der Waals surface area contributed by atoms with E-state index in [-0.39, 0.29) is 31.4 Å². The highest BCUT2D eigenvalue weighted by atomic mass is 16.7. The van der Waals surface area contributed by atoms with Crippen molar-refractivity contribution in [2.24, 2.45) is 28.6 Å². The number of carbonyl (C=O) groups excluding carboxylic acids is 2. The summed E-state index contributed by atoms with van der Waals surface area (Å²) in [5.41, 5.74) is -4.46. The molecule has 2 N–H and O–H groups in total. The van der Waals surface area contributed by atoms with Crippen molar-refractivity contribution < 1.29 is 44.4 Å². The van der Waals surface area contributed by atoms with Crippen LogP contribution in [0.15, 0.2) is 23.8 Å². The zero-order valence-electron chi connectivity index (χ0n) is 28.4. The fourth-order valence-corrected chi connectivity index (χ4v) is 7.50. The molecule has 0 aromatic carbocycles. The minimum Gasteiger partial charge on any atom is -0.393 e. The van der Waals surface area contributed by atoms with Crippen LogP contribution in [-0.2, 0) is 19.1 Å². The number of ether oxygens (including phenoxy) is 2. The van der Waals surface area contributed by atoms with Gasteiger partial charge < -0.3 is 19.7 Å². The van der Waals surface area contributed by atoms with Gasteiger partial charge in [-0.2, -0.15) is 0 Å². The Morgan fingerprint density at radius 3 is 3.00 bits per heavy atom.